The number of aromatic nitrogens is 2. The van der Waals surface area contributed by atoms with Gasteiger partial charge in [-0.15, -0.1) is 11.3 Å². The summed E-state index contributed by atoms with van der Waals surface area (Å²) in [5.41, 5.74) is 1.84. The molecule has 0 atom stereocenters. The van der Waals surface area contributed by atoms with Gasteiger partial charge in [0.2, 0.25) is 0 Å². The van der Waals surface area contributed by atoms with Crippen LogP contribution in [-0.4, -0.2) is 36.3 Å². The largest absolute Gasteiger partial charge is 0.378 e. The summed E-state index contributed by atoms with van der Waals surface area (Å²) in [6.45, 7) is 3.34. The fraction of sp³-hybridized carbons (Fsp3) is 0.333. The molecule has 3 rings (SSSR count). The second-order valence-corrected chi connectivity index (χ2v) is 5.21. The third-order valence-electron chi connectivity index (χ3n) is 2.82. The summed E-state index contributed by atoms with van der Waals surface area (Å²) in [6, 6.07) is 1.89. The normalized spacial score (nSPS) is 15.9. The Morgan fingerprint density at radius 1 is 1.33 bits per heavy atom. The van der Waals surface area contributed by atoms with Gasteiger partial charge in [-0.3, -0.25) is 4.98 Å². The van der Waals surface area contributed by atoms with Gasteiger partial charge in [0.25, 0.3) is 0 Å². The molecule has 0 amide bonds. The average Bonchev–Trinajstić information content (AvgIpc) is 2.90. The molecule has 4 nitrogen and oxygen atoms in total. The van der Waals surface area contributed by atoms with Crippen LogP contribution in [0.2, 0.25) is 5.02 Å². The quantitative estimate of drug-likeness (QED) is 0.848. The van der Waals surface area contributed by atoms with Crippen LogP contribution in [0, 0.1) is 0 Å². The molecular formula is C12H12ClN3OS. The zero-order valence-electron chi connectivity index (χ0n) is 9.67. The predicted octanol–water partition coefficient (Wildman–Crippen LogP) is 2.70. The van der Waals surface area contributed by atoms with Crippen molar-refractivity contribution in [2.45, 2.75) is 0 Å². The lowest BCUT2D eigenvalue weighted by atomic mass is 10.2. The van der Waals surface area contributed by atoms with Crippen molar-refractivity contribution in [3.05, 3.63) is 28.9 Å². The van der Waals surface area contributed by atoms with Crippen molar-refractivity contribution < 1.29 is 4.74 Å². The molecule has 3 heterocycles. The minimum Gasteiger partial charge on any atom is -0.378 e. The van der Waals surface area contributed by atoms with Gasteiger partial charge >= 0.3 is 0 Å². The molecule has 0 aromatic carbocycles. The van der Waals surface area contributed by atoms with Gasteiger partial charge in [0.15, 0.2) is 5.13 Å². The third-order valence-corrected chi connectivity index (χ3v) is 4.02. The fourth-order valence-corrected chi connectivity index (χ4v) is 2.97. The summed E-state index contributed by atoms with van der Waals surface area (Å²) in [7, 11) is 0. The molecular weight excluding hydrogens is 270 g/mol. The van der Waals surface area contributed by atoms with E-state index >= 15 is 0 Å². The molecule has 1 saturated heterocycles. The van der Waals surface area contributed by atoms with E-state index in [1.165, 1.54) is 0 Å². The molecule has 0 spiro atoms. The number of morpholine rings is 1. The highest BCUT2D eigenvalue weighted by Crippen LogP contribution is 2.31. The lowest BCUT2D eigenvalue weighted by molar-refractivity contribution is 0.122. The van der Waals surface area contributed by atoms with E-state index in [0.717, 1.165) is 42.7 Å². The lowest BCUT2D eigenvalue weighted by Crippen LogP contribution is -2.36. The second-order valence-electron chi connectivity index (χ2n) is 3.97. The molecule has 2 aromatic heterocycles. The van der Waals surface area contributed by atoms with Crippen molar-refractivity contribution in [2.75, 3.05) is 31.2 Å². The van der Waals surface area contributed by atoms with Gasteiger partial charge < -0.3 is 9.64 Å². The Hall–Kier alpha value is -1.17. The molecule has 1 aliphatic heterocycles. The van der Waals surface area contributed by atoms with E-state index in [9.17, 15) is 0 Å². The monoisotopic (exact) mass is 281 g/mol. The summed E-state index contributed by atoms with van der Waals surface area (Å²) in [5.74, 6) is 0. The molecule has 18 heavy (non-hydrogen) atoms. The number of hydrogen-bond acceptors (Lipinski definition) is 5. The maximum Gasteiger partial charge on any atom is 0.186 e. The minimum atomic E-state index is 0.635. The zero-order chi connectivity index (χ0) is 12.4. The first-order valence-electron chi connectivity index (χ1n) is 5.73. The second kappa shape index (κ2) is 5.22. The van der Waals surface area contributed by atoms with Gasteiger partial charge in [0, 0.05) is 36.4 Å². The van der Waals surface area contributed by atoms with E-state index in [1.807, 2.05) is 11.4 Å². The zero-order valence-corrected chi connectivity index (χ0v) is 11.2. The number of thiazole rings is 1. The summed E-state index contributed by atoms with van der Waals surface area (Å²) in [4.78, 5) is 10.9. The highest BCUT2D eigenvalue weighted by Gasteiger charge is 2.15. The first-order valence-corrected chi connectivity index (χ1v) is 6.98. The van der Waals surface area contributed by atoms with Crippen molar-refractivity contribution in [3.63, 3.8) is 0 Å². The first kappa shape index (κ1) is 11.9. The lowest BCUT2D eigenvalue weighted by Gasteiger charge is -2.26. The molecule has 0 bridgehead atoms. The Balaban J connectivity index is 1.87. The topological polar surface area (TPSA) is 38.2 Å². The van der Waals surface area contributed by atoms with Gasteiger partial charge in [-0.25, -0.2) is 4.98 Å². The van der Waals surface area contributed by atoms with E-state index in [0.29, 0.717) is 5.02 Å². The molecule has 2 aromatic rings. The van der Waals surface area contributed by atoms with Crippen LogP contribution in [0.15, 0.2) is 23.8 Å². The van der Waals surface area contributed by atoms with Gasteiger partial charge in [-0.05, 0) is 6.07 Å². The van der Waals surface area contributed by atoms with Crippen molar-refractivity contribution in [2.24, 2.45) is 0 Å². The molecule has 0 saturated carbocycles. The van der Waals surface area contributed by atoms with Crippen LogP contribution in [0.4, 0.5) is 5.13 Å². The van der Waals surface area contributed by atoms with Crippen LogP contribution in [0.3, 0.4) is 0 Å². The number of hydrogen-bond donors (Lipinski definition) is 0. The van der Waals surface area contributed by atoms with Gasteiger partial charge in [-0.1, -0.05) is 11.6 Å². The van der Waals surface area contributed by atoms with Gasteiger partial charge in [0.1, 0.15) is 0 Å². The van der Waals surface area contributed by atoms with Crippen LogP contribution < -0.4 is 4.90 Å². The molecule has 6 heteroatoms. The van der Waals surface area contributed by atoms with Crippen molar-refractivity contribution >= 4 is 28.1 Å². The van der Waals surface area contributed by atoms with E-state index in [1.54, 1.807) is 23.7 Å². The molecule has 0 aliphatic carbocycles. The maximum absolute atomic E-state index is 6.12. The minimum absolute atomic E-state index is 0.635. The Labute approximate surface area is 114 Å². The smallest absolute Gasteiger partial charge is 0.186 e. The van der Waals surface area contributed by atoms with Gasteiger partial charge in [0.05, 0.1) is 23.9 Å². The number of halogens is 1. The van der Waals surface area contributed by atoms with Crippen LogP contribution >= 0.6 is 22.9 Å². The number of rotatable bonds is 2. The van der Waals surface area contributed by atoms with E-state index in [4.69, 9.17) is 16.3 Å². The number of ether oxygens (including phenoxy) is 1. The summed E-state index contributed by atoms with van der Waals surface area (Å²) in [6.07, 6.45) is 3.37. The predicted molar refractivity (Wildman–Crippen MR) is 73.4 cm³/mol. The van der Waals surface area contributed by atoms with Crippen LogP contribution in [0.25, 0.3) is 11.3 Å². The summed E-state index contributed by atoms with van der Waals surface area (Å²) >= 11 is 7.76. The molecule has 94 valence electrons. The third kappa shape index (κ3) is 2.34. The van der Waals surface area contributed by atoms with Crippen molar-refractivity contribution in [1.29, 1.82) is 0 Å². The average molecular weight is 282 g/mol. The molecule has 1 aliphatic rings. The van der Waals surface area contributed by atoms with Crippen molar-refractivity contribution in [1.82, 2.24) is 9.97 Å². The molecule has 0 unspecified atom stereocenters. The number of nitrogens with zero attached hydrogens (tertiary/aromatic N) is 3. The Morgan fingerprint density at radius 3 is 2.94 bits per heavy atom. The number of anilines is 1. The van der Waals surface area contributed by atoms with Crippen LogP contribution in [-0.2, 0) is 4.74 Å². The molecule has 0 radical (unpaired) electrons. The molecule has 1 fully saturated rings. The Bertz CT molecular complexity index is 540. The standard InChI is InChI=1S/C12H12ClN3OS/c13-10-7-14-2-1-9(10)11-8-18-12(15-11)16-3-5-17-6-4-16/h1-2,7-8H,3-6H2. The first-order chi connectivity index (χ1) is 8.84. The number of pyridine rings is 1. The fourth-order valence-electron chi connectivity index (χ4n) is 1.87. The highest BCUT2D eigenvalue weighted by atomic mass is 35.5. The highest BCUT2D eigenvalue weighted by molar-refractivity contribution is 7.14. The van der Waals surface area contributed by atoms with Crippen LogP contribution in [0.1, 0.15) is 0 Å². The van der Waals surface area contributed by atoms with Gasteiger partial charge in [-0.2, -0.15) is 0 Å². The maximum atomic E-state index is 6.12. The Morgan fingerprint density at radius 2 is 2.17 bits per heavy atom. The van der Waals surface area contributed by atoms with E-state index in [-0.39, 0.29) is 0 Å². The van der Waals surface area contributed by atoms with Crippen molar-refractivity contribution in [3.8, 4) is 11.3 Å². The Kier molecular flexibility index (Phi) is 3.45. The van der Waals surface area contributed by atoms with Crippen LogP contribution in [0.5, 0.6) is 0 Å². The van der Waals surface area contributed by atoms with E-state index in [2.05, 4.69) is 14.9 Å². The van der Waals surface area contributed by atoms with E-state index < -0.39 is 0 Å². The SMILES string of the molecule is Clc1cnccc1-c1csc(N2CCOCC2)n1. The summed E-state index contributed by atoms with van der Waals surface area (Å²) in [5, 5.41) is 3.70. The summed E-state index contributed by atoms with van der Waals surface area (Å²) < 4.78 is 5.34. The molecule has 0 N–H and O–H groups in total.